The molecule has 2 aromatic heterocycles. The number of nitrogens with one attached hydrogen (secondary N) is 2. The number of halogens is 2. The lowest BCUT2D eigenvalue weighted by Gasteiger charge is -2.35. The summed E-state index contributed by atoms with van der Waals surface area (Å²) >= 11 is 0. The molecule has 1 unspecified atom stereocenters. The summed E-state index contributed by atoms with van der Waals surface area (Å²) < 4.78 is 45.7. The molecule has 2 N–H and O–H groups in total. The summed E-state index contributed by atoms with van der Waals surface area (Å²) in [6, 6.07) is 6.91. The quantitative estimate of drug-likeness (QED) is 0.423. The van der Waals surface area contributed by atoms with Gasteiger partial charge in [0.15, 0.2) is 0 Å². The average Bonchev–Trinajstić information content (AvgIpc) is 3.53. The van der Waals surface area contributed by atoms with Crippen molar-refractivity contribution in [3.05, 3.63) is 82.8 Å². The Morgan fingerprint density at radius 2 is 1.84 bits per heavy atom. The molecule has 3 aromatic rings. The lowest BCUT2D eigenvalue weighted by Crippen LogP contribution is -2.48. The van der Waals surface area contributed by atoms with E-state index in [0.717, 1.165) is 33.1 Å². The topological polar surface area (TPSA) is 152 Å². The van der Waals surface area contributed by atoms with Crippen molar-refractivity contribution < 1.29 is 42.2 Å². The molecule has 0 bridgehead atoms. The third-order valence-corrected chi connectivity index (χ3v) is 8.46. The highest BCUT2D eigenvalue weighted by Gasteiger charge is 2.51. The minimum Gasteiger partial charge on any atom is -0.444 e. The summed E-state index contributed by atoms with van der Waals surface area (Å²) in [5.41, 5.74) is 0.853. The summed E-state index contributed by atoms with van der Waals surface area (Å²) in [7, 11) is 0. The summed E-state index contributed by atoms with van der Waals surface area (Å²) in [5, 5.41) is 5.60. The predicted molar refractivity (Wildman–Crippen MR) is 170 cm³/mol. The Morgan fingerprint density at radius 1 is 1.08 bits per heavy atom. The number of amides is 4. The van der Waals surface area contributed by atoms with Crippen LogP contribution in [0.15, 0.2) is 48.8 Å². The zero-order valence-corrected chi connectivity index (χ0v) is 27.3. The van der Waals surface area contributed by atoms with Gasteiger partial charge in [-0.2, -0.15) is 0 Å². The second kappa shape index (κ2) is 13.5. The number of fused-ring (bicyclic) bond motifs is 3. The fourth-order valence-corrected chi connectivity index (χ4v) is 6.31. The third kappa shape index (κ3) is 7.37. The van der Waals surface area contributed by atoms with E-state index in [9.17, 15) is 28.0 Å². The van der Waals surface area contributed by atoms with Crippen LogP contribution in [0, 0.1) is 11.6 Å². The van der Waals surface area contributed by atoms with E-state index in [1.807, 2.05) is 6.07 Å². The molecule has 258 valence electrons. The smallest absolute Gasteiger partial charge is 0.412 e. The average molecular weight is 679 g/mol. The van der Waals surface area contributed by atoms with Gasteiger partial charge in [-0.3, -0.25) is 24.3 Å². The van der Waals surface area contributed by atoms with E-state index < -0.39 is 59.8 Å². The van der Waals surface area contributed by atoms with Crippen molar-refractivity contribution in [2.75, 3.05) is 50.3 Å². The molecule has 0 saturated carbocycles. The molecule has 1 spiro atoms. The predicted octanol–water partition coefficient (Wildman–Crippen LogP) is 3.49. The number of pyridine rings is 2. The van der Waals surface area contributed by atoms with E-state index in [4.69, 9.17) is 14.2 Å². The van der Waals surface area contributed by atoms with Crippen LogP contribution < -0.4 is 10.6 Å². The first-order chi connectivity index (χ1) is 23.3. The lowest BCUT2D eigenvalue weighted by atomic mass is 9.80. The Morgan fingerprint density at radius 3 is 2.59 bits per heavy atom. The van der Waals surface area contributed by atoms with Crippen LogP contribution in [0.4, 0.5) is 25.1 Å². The van der Waals surface area contributed by atoms with Crippen molar-refractivity contribution >= 4 is 35.3 Å². The number of aromatic nitrogens is 2. The monoisotopic (exact) mass is 678 g/mol. The largest absolute Gasteiger partial charge is 0.444 e. The van der Waals surface area contributed by atoms with Crippen LogP contribution in [-0.2, 0) is 46.9 Å². The first kappa shape index (κ1) is 33.9. The summed E-state index contributed by atoms with van der Waals surface area (Å²) in [4.78, 5) is 64.6. The fraction of sp³-hybridized carbons (Fsp3) is 0.412. The van der Waals surface area contributed by atoms with Gasteiger partial charge in [0.2, 0.25) is 17.7 Å². The number of rotatable bonds is 4. The van der Waals surface area contributed by atoms with Crippen molar-refractivity contribution in [2.45, 2.75) is 50.7 Å². The zero-order valence-electron chi connectivity index (χ0n) is 27.3. The van der Waals surface area contributed by atoms with Crippen LogP contribution in [0.1, 0.15) is 49.2 Å². The van der Waals surface area contributed by atoms with Gasteiger partial charge in [0.1, 0.15) is 42.9 Å². The zero-order chi connectivity index (χ0) is 34.9. The maximum atomic E-state index is 14.5. The van der Waals surface area contributed by atoms with Gasteiger partial charge in [-0.1, -0.05) is 6.07 Å². The molecule has 4 amide bonds. The van der Waals surface area contributed by atoms with Crippen molar-refractivity contribution in [1.29, 1.82) is 0 Å². The third-order valence-electron chi connectivity index (χ3n) is 8.46. The van der Waals surface area contributed by atoms with Gasteiger partial charge < -0.3 is 29.7 Å². The van der Waals surface area contributed by atoms with Gasteiger partial charge in [-0.05, 0) is 62.6 Å². The first-order valence-electron chi connectivity index (χ1n) is 15.7. The number of hydrogen-bond acceptors (Lipinski definition) is 9. The number of carbonyl (C=O) groups is 4. The van der Waals surface area contributed by atoms with E-state index in [1.165, 1.54) is 6.20 Å². The fourth-order valence-electron chi connectivity index (χ4n) is 6.31. The van der Waals surface area contributed by atoms with Gasteiger partial charge in [0, 0.05) is 29.9 Å². The second-order valence-electron chi connectivity index (χ2n) is 13.2. The Bertz CT molecular complexity index is 1780. The lowest BCUT2D eigenvalue weighted by molar-refractivity contribution is -0.141. The minimum atomic E-state index is -1.21. The molecule has 3 aliphatic rings. The van der Waals surface area contributed by atoms with Crippen molar-refractivity contribution in [2.24, 2.45) is 0 Å². The summed E-state index contributed by atoms with van der Waals surface area (Å²) in [6.45, 7) is 3.46. The van der Waals surface area contributed by atoms with Gasteiger partial charge in [0.05, 0.1) is 43.1 Å². The number of hydrogen-bond donors (Lipinski definition) is 2. The Balaban J connectivity index is 1.27. The van der Waals surface area contributed by atoms with Crippen molar-refractivity contribution in [3.8, 4) is 0 Å². The molecule has 1 aromatic carbocycles. The Labute approximate surface area is 280 Å². The van der Waals surface area contributed by atoms with Gasteiger partial charge in [0.25, 0.3) is 0 Å². The van der Waals surface area contributed by atoms with E-state index in [2.05, 4.69) is 20.6 Å². The maximum Gasteiger partial charge on any atom is 0.412 e. The summed E-state index contributed by atoms with van der Waals surface area (Å²) in [6.07, 6.45) is 3.00. The number of ether oxygens (including phenoxy) is 3. The SMILES string of the molecule is CC(C)(C)OC(=O)N1COCCOCC(=O)N(CC(=O)Nc2cnc3c(c2)CC2(C3)C(=O)Nc3ncccc32)[C@H](c2cc(F)cc(F)c2)C1. The molecule has 6 rings (SSSR count). The molecule has 49 heavy (non-hydrogen) atoms. The number of carbonyl (C=O) groups excluding carboxylic acids is 4. The van der Waals surface area contributed by atoms with E-state index in [-0.39, 0.29) is 38.0 Å². The molecule has 1 saturated heterocycles. The number of anilines is 2. The molecule has 2 aliphatic heterocycles. The summed E-state index contributed by atoms with van der Waals surface area (Å²) in [5.74, 6) is -2.78. The van der Waals surface area contributed by atoms with E-state index in [1.54, 1.807) is 39.1 Å². The molecular formula is C34H36F2N6O7. The number of nitrogens with zero attached hydrogens (tertiary/aromatic N) is 4. The Kier molecular flexibility index (Phi) is 9.31. The molecular weight excluding hydrogens is 642 g/mol. The highest BCUT2D eigenvalue weighted by atomic mass is 19.1. The van der Waals surface area contributed by atoms with Crippen molar-refractivity contribution in [1.82, 2.24) is 19.8 Å². The van der Waals surface area contributed by atoms with Crippen LogP contribution in [0.5, 0.6) is 0 Å². The standard InChI is InChI=1S/C34H36F2N6O7/c1-33(2,3)49-32(46)41-16-27(20-9-22(35)12-23(36)10-20)42(29(44)18-47-7-8-48-19-41)17-28(43)39-24-11-21-13-34(14-26(21)38-15-24)25-5-4-6-37-30(25)40-31(34)45/h4-6,9-12,15,27H,7-8,13-14,16-19H2,1-3H3,(H,39,43)(H,37,40,45)/t27-,34?/m0/s1. The minimum absolute atomic E-state index is 0.000521. The van der Waals surface area contributed by atoms with Crippen LogP contribution in [0.2, 0.25) is 0 Å². The second-order valence-corrected chi connectivity index (χ2v) is 13.2. The van der Waals surface area contributed by atoms with Crippen LogP contribution in [0.3, 0.4) is 0 Å². The normalized spacial score (nSPS) is 21.1. The molecule has 2 atom stereocenters. The highest BCUT2D eigenvalue weighted by Crippen LogP contribution is 2.46. The molecule has 0 radical (unpaired) electrons. The van der Waals surface area contributed by atoms with E-state index >= 15 is 0 Å². The molecule has 1 fully saturated rings. The van der Waals surface area contributed by atoms with Crippen LogP contribution >= 0.6 is 0 Å². The van der Waals surface area contributed by atoms with E-state index in [0.29, 0.717) is 36.1 Å². The number of benzene rings is 1. The Hall–Kier alpha value is -5.02. The maximum absolute atomic E-state index is 14.5. The molecule has 1 aliphatic carbocycles. The van der Waals surface area contributed by atoms with Crippen LogP contribution in [0.25, 0.3) is 0 Å². The first-order valence-corrected chi connectivity index (χ1v) is 15.7. The van der Waals surface area contributed by atoms with Gasteiger partial charge in [-0.15, -0.1) is 0 Å². The van der Waals surface area contributed by atoms with Crippen molar-refractivity contribution in [3.63, 3.8) is 0 Å². The molecule has 15 heteroatoms. The highest BCUT2D eigenvalue weighted by molar-refractivity contribution is 6.06. The van der Waals surface area contributed by atoms with Crippen LogP contribution in [-0.4, -0.2) is 88.8 Å². The van der Waals surface area contributed by atoms with Gasteiger partial charge >= 0.3 is 6.09 Å². The van der Waals surface area contributed by atoms with Gasteiger partial charge in [-0.25, -0.2) is 18.6 Å². The molecule has 4 heterocycles. The molecule has 13 nitrogen and oxygen atoms in total.